The highest BCUT2D eigenvalue weighted by atomic mass is 35.5. The predicted molar refractivity (Wildman–Crippen MR) is 146 cm³/mol. The van der Waals surface area contributed by atoms with Crippen LogP contribution in [0.25, 0.3) is 21.3 Å². The molecule has 9 heteroatoms. The summed E-state index contributed by atoms with van der Waals surface area (Å²) < 4.78 is 6.89. The predicted octanol–water partition coefficient (Wildman–Crippen LogP) is 6.32. The molecule has 2 aromatic carbocycles. The standard InChI is InChI=1S/C26H24ClN3O3S2/c1-5-10-30-25(32)23-18(17-8-6-15(2)7-9-17)13-34-24(23)29-26(30)35-14-22(31)28-20-11-16(3)19(27)12-21(20)33-4/h5-9,11-13H,1,10,14H2,2-4H3,(H,28,31). The summed E-state index contributed by atoms with van der Waals surface area (Å²) in [5.41, 5.74) is 4.19. The van der Waals surface area contributed by atoms with Gasteiger partial charge in [-0.05, 0) is 31.0 Å². The summed E-state index contributed by atoms with van der Waals surface area (Å²) in [6.07, 6.45) is 1.65. The molecule has 0 saturated heterocycles. The number of aryl methyl sites for hydroxylation is 2. The number of aromatic nitrogens is 2. The van der Waals surface area contributed by atoms with Crippen molar-refractivity contribution in [1.82, 2.24) is 9.55 Å². The minimum atomic E-state index is -0.249. The van der Waals surface area contributed by atoms with Gasteiger partial charge in [0.1, 0.15) is 10.6 Å². The van der Waals surface area contributed by atoms with Crippen molar-refractivity contribution < 1.29 is 9.53 Å². The van der Waals surface area contributed by atoms with Gasteiger partial charge in [0.05, 0.1) is 23.9 Å². The Morgan fingerprint density at radius 3 is 2.71 bits per heavy atom. The van der Waals surface area contributed by atoms with Crippen molar-refractivity contribution in [2.75, 3.05) is 18.2 Å². The van der Waals surface area contributed by atoms with Gasteiger partial charge in [0, 0.05) is 28.6 Å². The minimum absolute atomic E-state index is 0.0656. The minimum Gasteiger partial charge on any atom is -0.495 e. The second-order valence-electron chi connectivity index (χ2n) is 7.93. The molecule has 35 heavy (non-hydrogen) atoms. The number of allylic oxidation sites excluding steroid dienone is 1. The summed E-state index contributed by atoms with van der Waals surface area (Å²) in [7, 11) is 1.52. The zero-order chi connectivity index (χ0) is 25.1. The lowest BCUT2D eigenvalue weighted by Gasteiger charge is -2.13. The smallest absolute Gasteiger partial charge is 0.263 e. The first-order valence-electron chi connectivity index (χ1n) is 10.8. The second-order valence-corrected chi connectivity index (χ2v) is 10.1. The lowest BCUT2D eigenvalue weighted by atomic mass is 10.1. The number of rotatable bonds is 8. The lowest BCUT2D eigenvalue weighted by Crippen LogP contribution is -2.23. The number of anilines is 1. The van der Waals surface area contributed by atoms with E-state index in [1.54, 1.807) is 22.8 Å². The first kappa shape index (κ1) is 25.0. The van der Waals surface area contributed by atoms with Gasteiger partial charge in [0.25, 0.3) is 5.56 Å². The Morgan fingerprint density at radius 2 is 2.03 bits per heavy atom. The number of carbonyl (C=O) groups excluding carboxylic acids is 1. The maximum absolute atomic E-state index is 13.5. The van der Waals surface area contributed by atoms with E-state index in [4.69, 9.17) is 21.3 Å². The SMILES string of the molecule is C=CCn1c(SCC(=O)Nc2cc(C)c(Cl)cc2OC)nc2scc(-c3ccc(C)cc3)c2c1=O. The number of amides is 1. The maximum atomic E-state index is 13.5. The largest absolute Gasteiger partial charge is 0.495 e. The first-order valence-corrected chi connectivity index (χ1v) is 13.0. The number of methoxy groups -OCH3 is 1. The van der Waals surface area contributed by atoms with Gasteiger partial charge in [-0.1, -0.05) is 59.3 Å². The van der Waals surface area contributed by atoms with Crippen molar-refractivity contribution in [3.05, 3.63) is 80.9 Å². The van der Waals surface area contributed by atoms with Crippen LogP contribution in [0.5, 0.6) is 5.75 Å². The third kappa shape index (κ3) is 5.29. The van der Waals surface area contributed by atoms with Gasteiger partial charge in [-0.2, -0.15) is 0 Å². The number of thiophene rings is 1. The quantitative estimate of drug-likeness (QED) is 0.165. The molecule has 180 valence electrons. The molecular formula is C26H24ClN3O3S2. The van der Waals surface area contributed by atoms with Gasteiger partial charge >= 0.3 is 0 Å². The Balaban J connectivity index is 1.62. The van der Waals surface area contributed by atoms with Crippen molar-refractivity contribution in [2.24, 2.45) is 0 Å². The Morgan fingerprint density at radius 1 is 1.29 bits per heavy atom. The number of hydrogen-bond acceptors (Lipinski definition) is 6. The summed E-state index contributed by atoms with van der Waals surface area (Å²) in [5, 5.41) is 6.42. The van der Waals surface area contributed by atoms with Crippen LogP contribution in [0.15, 0.2) is 64.4 Å². The van der Waals surface area contributed by atoms with Crippen LogP contribution in [0.1, 0.15) is 11.1 Å². The van der Waals surface area contributed by atoms with E-state index in [1.165, 1.54) is 30.2 Å². The Hall–Kier alpha value is -3.07. The molecule has 2 aromatic heterocycles. The van der Waals surface area contributed by atoms with Crippen LogP contribution in [0, 0.1) is 13.8 Å². The van der Waals surface area contributed by atoms with E-state index in [-0.39, 0.29) is 17.2 Å². The third-order valence-corrected chi connectivity index (χ3v) is 7.68. The number of thioether (sulfide) groups is 1. The number of nitrogens with one attached hydrogen (secondary N) is 1. The fraction of sp³-hybridized carbons (Fsp3) is 0.192. The molecule has 1 N–H and O–H groups in total. The molecule has 4 aromatic rings. The van der Waals surface area contributed by atoms with Crippen LogP contribution < -0.4 is 15.6 Å². The Bertz CT molecular complexity index is 1480. The van der Waals surface area contributed by atoms with E-state index in [1.807, 2.05) is 43.5 Å². The first-order chi connectivity index (χ1) is 16.8. The maximum Gasteiger partial charge on any atom is 0.263 e. The van der Waals surface area contributed by atoms with Gasteiger partial charge in [-0.25, -0.2) is 4.98 Å². The van der Waals surface area contributed by atoms with E-state index in [0.717, 1.165) is 22.3 Å². The molecule has 0 unspecified atom stereocenters. The van der Waals surface area contributed by atoms with Crippen LogP contribution >= 0.6 is 34.7 Å². The fourth-order valence-electron chi connectivity index (χ4n) is 3.60. The highest BCUT2D eigenvalue weighted by molar-refractivity contribution is 7.99. The van der Waals surface area contributed by atoms with Gasteiger partial charge < -0.3 is 10.1 Å². The summed E-state index contributed by atoms with van der Waals surface area (Å²) >= 11 is 8.78. The van der Waals surface area contributed by atoms with Gasteiger partial charge in [-0.3, -0.25) is 14.2 Å². The molecule has 0 spiro atoms. The number of halogens is 1. The van der Waals surface area contributed by atoms with Gasteiger partial charge in [-0.15, -0.1) is 17.9 Å². The van der Waals surface area contributed by atoms with E-state index < -0.39 is 0 Å². The van der Waals surface area contributed by atoms with E-state index in [9.17, 15) is 9.59 Å². The molecule has 0 atom stereocenters. The van der Waals surface area contributed by atoms with Crippen molar-refractivity contribution in [3.63, 3.8) is 0 Å². The molecular weight excluding hydrogens is 502 g/mol. The number of benzene rings is 2. The summed E-state index contributed by atoms with van der Waals surface area (Å²) in [6.45, 7) is 7.95. The molecule has 0 bridgehead atoms. The van der Waals surface area contributed by atoms with Crippen molar-refractivity contribution >= 4 is 56.5 Å². The molecule has 0 aliphatic carbocycles. The van der Waals surface area contributed by atoms with E-state index in [2.05, 4.69) is 11.9 Å². The number of hydrogen-bond donors (Lipinski definition) is 1. The normalized spacial score (nSPS) is 11.0. The van der Waals surface area contributed by atoms with Gasteiger partial charge in [0.15, 0.2) is 5.16 Å². The number of fused-ring (bicyclic) bond motifs is 1. The Labute approximate surface area is 216 Å². The monoisotopic (exact) mass is 525 g/mol. The van der Waals surface area contributed by atoms with Crippen LogP contribution in [0.4, 0.5) is 5.69 Å². The van der Waals surface area contributed by atoms with Crippen LogP contribution in [0.3, 0.4) is 0 Å². The van der Waals surface area contributed by atoms with Crippen LogP contribution in [-0.4, -0.2) is 28.3 Å². The van der Waals surface area contributed by atoms with Crippen molar-refractivity contribution in [3.8, 4) is 16.9 Å². The number of carbonyl (C=O) groups is 1. The lowest BCUT2D eigenvalue weighted by molar-refractivity contribution is -0.113. The average Bonchev–Trinajstić information content (AvgIpc) is 3.26. The average molecular weight is 526 g/mol. The zero-order valence-corrected chi connectivity index (χ0v) is 21.9. The molecule has 0 aliphatic heterocycles. The number of nitrogens with zero attached hydrogens (tertiary/aromatic N) is 2. The molecule has 6 nitrogen and oxygen atoms in total. The second kappa shape index (κ2) is 10.7. The van der Waals surface area contributed by atoms with Crippen LogP contribution in [0.2, 0.25) is 5.02 Å². The van der Waals surface area contributed by atoms with Gasteiger partial charge in [0.2, 0.25) is 5.91 Å². The van der Waals surface area contributed by atoms with E-state index in [0.29, 0.717) is 38.4 Å². The summed E-state index contributed by atoms with van der Waals surface area (Å²) in [5.74, 6) is 0.293. The molecule has 0 saturated carbocycles. The highest BCUT2D eigenvalue weighted by Gasteiger charge is 2.18. The molecule has 0 radical (unpaired) electrons. The molecule has 4 rings (SSSR count). The number of ether oxygens (including phenoxy) is 1. The third-order valence-electron chi connectivity index (χ3n) is 5.42. The van der Waals surface area contributed by atoms with Crippen LogP contribution in [-0.2, 0) is 11.3 Å². The molecule has 1 amide bonds. The Kier molecular flexibility index (Phi) is 7.64. The fourth-order valence-corrected chi connectivity index (χ4v) is 5.55. The molecule has 0 aliphatic rings. The van der Waals surface area contributed by atoms with E-state index >= 15 is 0 Å². The topological polar surface area (TPSA) is 73.2 Å². The summed E-state index contributed by atoms with van der Waals surface area (Å²) in [4.78, 5) is 31.6. The highest BCUT2D eigenvalue weighted by Crippen LogP contribution is 2.33. The summed E-state index contributed by atoms with van der Waals surface area (Å²) in [6, 6.07) is 11.5. The molecule has 2 heterocycles. The van der Waals surface area contributed by atoms with Crippen molar-refractivity contribution in [1.29, 1.82) is 0 Å². The van der Waals surface area contributed by atoms with Crippen molar-refractivity contribution in [2.45, 2.75) is 25.5 Å². The molecule has 0 fully saturated rings. The zero-order valence-electron chi connectivity index (χ0n) is 19.6.